The maximum absolute atomic E-state index is 12.6. The molecule has 0 amide bonds. The first-order valence-electron chi connectivity index (χ1n) is 11.4. The zero-order valence-electron chi connectivity index (χ0n) is 21.0. The summed E-state index contributed by atoms with van der Waals surface area (Å²) in [5.41, 5.74) is 2.17. The molecule has 1 aromatic rings. The SMILES string of the molecule is COC(=O)C1CCCc2c(O[Si](C)(C)C(C)(C)C)cc(B3OC(C)(C)C(C)(C)O3)cc21. The van der Waals surface area contributed by atoms with Crippen molar-refractivity contribution in [2.75, 3.05) is 7.11 Å². The van der Waals surface area contributed by atoms with Crippen molar-refractivity contribution < 1.29 is 23.3 Å². The van der Waals surface area contributed by atoms with Crippen LogP contribution in [-0.4, -0.2) is 39.7 Å². The summed E-state index contributed by atoms with van der Waals surface area (Å²) in [6.07, 6.45) is 2.62. The van der Waals surface area contributed by atoms with E-state index >= 15 is 0 Å². The second-order valence-electron chi connectivity index (χ2n) is 11.5. The summed E-state index contributed by atoms with van der Waals surface area (Å²) in [6.45, 7) is 19.4. The zero-order chi connectivity index (χ0) is 23.4. The molecule has 1 aliphatic heterocycles. The average Bonchev–Trinajstić information content (AvgIpc) is 2.86. The maximum Gasteiger partial charge on any atom is 0.494 e. The minimum atomic E-state index is -2.08. The van der Waals surface area contributed by atoms with E-state index in [1.165, 1.54) is 7.11 Å². The van der Waals surface area contributed by atoms with Gasteiger partial charge in [-0.3, -0.25) is 4.79 Å². The quantitative estimate of drug-likeness (QED) is 0.483. The van der Waals surface area contributed by atoms with E-state index in [0.29, 0.717) is 0 Å². The summed E-state index contributed by atoms with van der Waals surface area (Å²) in [6, 6.07) is 4.16. The molecule has 7 heteroatoms. The molecule has 172 valence electrons. The molecule has 0 N–H and O–H groups in total. The molecule has 31 heavy (non-hydrogen) atoms. The second kappa shape index (κ2) is 7.92. The number of hydrogen-bond donors (Lipinski definition) is 0. The Balaban J connectivity index is 2.12. The molecule has 1 saturated heterocycles. The van der Waals surface area contributed by atoms with Crippen molar-refractivity contribution in [1.82, 2.24) is 0 Å². The van der Waals surface area contributed by atoms with Gasteiger partial charge in [-0.15, -0.1) is 0 Å². The predicted molar refractivity (Wildman–Crippen MR) is 128 cm³/mol. The third kappa shape index (κ3) is 4.46. The van der Waals surface area contributed by atoms with Crippen LogP contribution >= 0.6 is 0 Å². The molecule has 1 aromatic carbocycles. The van der Waals surface area contributed by atoms with E-state index in [1.54, 1.807) is 0 Å². The monoisotopic (exact) mass is 446 g/mol. The smallest absolute Gasteiger partial charge is 0.494 e. The number of carbonyl (C=O) groups excluding carboxylic acids is 1. The summed E-state index contributed by atoms with van der Waals surface area (Å²) in [5.74, 6) is 0.408. The molecule has 3 rings (SSSR count). The van der Waals surface area contributed by atoms with Gasteiger partial charge in [0, 0.05) is 0 Å². The van der Waals surface area contributed by atoms with E-state index in [4.69, 9.17) is 18.5 Å². The first-order valence-corrected chi connectivity index (χ1v) is 14.3. The van der Waals surface area contributed by atoms with Crippen LogP contribution in [0.15, 0.2) is 12.1 Å². The highest BCUT2D eigenvalue weighted by Crippen LogP contribution is 2.43. The summed E-state index contributed by atoms with van der Waals surface area (Å²) in [7, 11) is -1.12. The van der Waals surface area contributed by atoms with E-state index in [0.717, 1.165) is 41.6 Å². The van der Waals surface area contributed by atoms with Crippen LogP contribution in [0.3, 0.4) is 0 Å². The van der Waals surface area contributed by atoms with Crippen molar-refractivity contribution in [3.05, 3.63) is 23.3 Å². The van der Waals surface area contributed by atoms with Gasteiger partial charge in [-0.05, 0) is 87.7 Å². The van der Waals surface area contributed by atoms with E-state index in [2.05, 4.69) is 73.7 Å². The lowest BCUT2D eigenvalue weighted by atomic mass is 9.73. The summed E-state index contributed by atoms with van der Waals surface area (Å²) < 4.78 is 24.6. The highest BCUT2D eigenvalue weighted by atomic mass is 28.4. The van der Waals surface area contributed by atoms with Crippen LogP contribution in [-0.2, 0) is 25.3 Å². The van der Waals surface area contributed by atoms with Gasteiger partial charge in [0.25, 0.3) is 0 Å². The van der Waals surface area contributed by atoms with Crippen LogP contribution in [0.25, 0.3) is 0 Å². The standard InChI is InChI=1S/C24H39BO5Si/c1-22(2,3)31(9,10)28-20-15-16(25-29-23(4,5)24(6,7)30-25)14-19-17(20)12-11-13-18(19)21(26)27-8/h14-15,18H,11-13H2,1-10H3. The van der Waals surface area contributed by atoms with Crippen molar-refractivity contribution in [2.45, 2.75) is 103 Å². The van der Waals surface area contributed by atoms with Crippen LogP contribution in [0.5, 0.6) is 5.75 Å². The number of fused-ring (bicyclic) bond motifs is 1. The lowest BCUT2D eigenvalue weighted by Gasteiger charge is -2.38. The summed E-state index contributed by atoms with van der Waals surface area (Å²) >= 11 is 0. The number of carbonyl (C=O) groups is 1. The van der Waals surface area contributed by atoms with Gasteiger partial charge in [0.1, 0.15) is 5.75 Å². The Bertz CT molecular complexity index is 840. The van der Waals surface area contributed by atoms with Crippen LogP contribution in [0.4, 0.5) is 0 Å². The normalized spacial score (nSPS) is 22.8. The first kappa shape index (κ1) is 24.3. The Morgan fingerprint density at radius 3 is 2.23 bits per heavy atom. The minimum Gasteiger partial charge on any atom is -0.543 e. The number of ether oxygens (including phenoxy) is 1. The van der Waals surface area contributed by atoms with Gasteiger partial charge in [-0.25, -0.2) is 0 Å². The largest absolute Gasteiger partial charge is 0.543 e. The molecule has 1 aliphatic carbocycles. The molecule has 1 atom stereocenters. The van der Waals surface area contributed by atoms with Crippen molar-refractivity contribution in [3.63, 3.8) is 0 Å². The third-order valence-electron chi connectivity index (χ3n) is 7.74. The van der Waals surface area contributed by atoms with Crippen molar-refractivity contribution >= 4 is 26.9 Å². The molecular formula is C24H39BO5Si. The number of hydrogen-bond acceptors (Lipinski definition) is 5. The van der Waals surface area contributed by atoms with Gasteiger partial charge in [0.2, 0.25) is 8.32 Å². The highest BCUT2D eigenvalue weighted by Gasteiger charge is 2.52. The lowest BCUT2D eigenvalue weighted by molar-refractivity contribution is -0.142. The fourth-order valence-electron chi connectivity index (χ4n) is 3.93. The van der Waals surface area contributed by atoms with Gasteiger partial charge >= 0.3 is 13.1 Å². The Labute approximate surface area is 189 Å². The molecule has 0 saturated carbocycles. The highest BCUT2D eigenvalue weighted by molar-refractivity contribution is 6.74. The minimum absolute atomic E-state index is 0.0661. The second-order valence-corrected chi connectivity index (χ2v) is 16.2. The topological polar surface area (TPSA) is 54.0 Å². The van der Waals surface area contributed by atoms with Gasteiger partial charge in [0.05, 0.1) is 24.2 Å². The van der Waals surface area contributed by atoms with Crippen molar-refractivity contribution in [1.29, 1.82) is 0 Å². The molecule has 1 heterocycles. The molecule has 2 aliphatic rings. The zero-order valence-corrected chi connectivity index (χ0v) is 22.0. The molecule has 0 radical (unpaired) electrons. The van der Waals surface area contributed by atoms with Gasteiger partial charge in [-0.2, -0.15) is 0 Å². The van der Waals surface area contributed by atoms with Crippen molar-refractivity contribution in [2.24, 2.45) is 0 Å². The average molecular weight is 446 g/mol. The molecule has 1 unspecified atom stereocenters. The van der Waals surface area contributed by atoms with Crippen LogP contribution < -0.4 is 9.89 Å². The molecule has 0 aromatic heterocycles. The molecule has 0 spiro atoms. The number of rotatable bonds is 4. The molecule has 1 fully saturated rings. The lowest BCUT2D eigenvalue weighted by Crippen LogP contribution is -2.45. The van der Waals surface area contributed by atoms with E-state index < -0.39 is 26.6 Å². The molecular weight excluding hydrogens is 407 g/mol. The van der Waals surface area contributed by atoms with Crippen molar-refractivity contribution in [3.8, 4) is 5.75 Å². The maximum atomic E-state index is 12.6. The summed E-state index contributed by atoms with van der Waals surface area (Å²) in [5, 5.41) is 0.0661. The number of methoxy groups -OCH3 is 1. The fraction of sp³-hybridized carbons (Fsp3) is 0.708. The Hall–Kier alpha value is -1.31. The number of esters is 1. The van der Waals surface area contributed by atoms with Gasteiger partial charge in [0.15, 0.2) is 0 Å². The fourth-order valence-corrected chi connectivity index (χ4v) is 4.97. The molecule has 0 bridgehead atoms. The Morgan fingerprint density at radius 2 is 1.71 bits per heavy atom. The van der Waals surface area contributed by atoms with Gasteiger partial charge < -0.3 is 18.5 Å². The Morgan fingerprint density at radius 1 is 1.13 bits per heavy atom. The van der Waals surface area contributed by atoms with E-state index in [1.807, 2.05) is 0 Å². The molecule has 5 nitrogen and oxygen atoms in total. The van der Waals surface area contributed by atoms with E-state index in [9.17, 15) is 4.79 Å². The Kier molecular flexibility index (Phi) is 6.22. The van der Waals surface area contributed by atoms with Crippen LogP contribution in [0.1, 0.15) is 78.4 Å². The summed E-state index contributed by atoms with van der Waals surface area (Å²) in [4.78, 5) is 12.6. The first-order chi connectivity index (χ1) is 14.1. The number of benzene rings is 1. The van der Waals surface area contributed by atoms with E-state index in [-0.39, 0.29) is 16.9 Å². The van der Waals surface area contributed by atoms with Crippen LogP contribution in [0, 0.1) is 0 Å². The predicted octanol–water partition coefficient (Wildman–Crippen LogP) is 4.96. The third-order valence-corrected chi connectivity index (χ3v) is 12.1. The van der Waals surface area contributed by atoms with Gasteiger partial charge in [-0.1, -0.05) is 26.8 Å². The van der Waals surface area contributed by atoms with Crippen LogP contribution in [0.2, 0.25) is 18.1 Å².